The van der Waals surface area contributed by atoms with Gasteiger partial charge in [-0.1, -0.05) is 12.5 Å². The van der Waals surface area contributed by atoms with Gasteiger partial charge in [-0.3, -0.25) is 0 Å². The second-order valence-electron chi connectivity index (χ2n) is 5.81. The number of ether oxygens (including phenoxy) is 1. The Morgan fingerprint density at radius 3 is 2.74 bits per heavy atom. The molecule has 2 aliphatic rings. The van der Waals surface area contributed by atoms with E-state index in [0.29, 0.717) is 12.5 Å². The molecule has 0 aromatic heterocycles. The minimum atomic E-state index is -1.59. The van der Waals surface area contributed by atoms with E-state index in [1.54, 1.807) is 0 Å². The van der Waals surface area contributed by atoms with Crippen molar-refractivity contribution in [1.82, 2.24) is 0 Å². The van der Waals surface area contributed by atoms with Gasteiger partial charge < -0.3 is 14.8 Å². The van der Waals surface area contributed by atoms with Crippen molar-refractivity contribution in [3.05, 3.63) is 24.0 Å². The minimum absolute atomic E-state index is 0.119. The van der Waals surface area contributed by atoms with Gasteiger partial charge in [0.15, 0.2) is 11.6 Å². The molecule has 0 aliphatic heterocycles. The summed E-state index contributed by atoms with van der Waals surface area (Å²) in [5.74, 6) is 1.77. The zero-order chi connectivity index (χ0) is 13.4. The van der Waals surface area contributed by atoms with Crippen molar-refractivity contribution in [2.45, 2.75) is 25.7 Å². The van der Waals surface area contributed by atoms with Crippen molar-refractivity contribution in [2.24, 2.45) is 17.8 Å². The van der Waals surface area contributed by atoms with E-state index >= 15 is 0 Å². The quantitative estimate of drug-likeness (QED) is 0.806. The van der Waals surface area contributed by atoms with Crippen molar-refractivity contribution in [3.63, 3.8) is 0 Å². The zero-order valence-electron chi connectivity index (χ0n) is 10.8. The van der Waals surface area contributed by atoms with Crippen LogP contribution in [0.15, 0.2) is 18.2 Å². The van der Waals surface area contributed by atoms with Crippen molar-refractivity contribution >= 4 is 12.6 Å². The molecule has 5 heteroatoms. The fourth-order valence-electron chi connectivity index (χ4n) is 3.57. The van der Waals surface area contributed by atoms with Gasteiger partial charge >= 0.3 is 7.12 Å². The van der Waals surface area contributed by atoms with Crippen molar-refractivity contribution in [3.8, 4) is 5.75 Å². The molecule has 1 aromatic carbocycles. The number of benzene rings is 1. The second-order valence-corrected chi connectivity index (χ2v) is 5.81. The lowest BCUT2D eigenvalue weighted by molar-refractivity contribution is 0.189. The lowest BCUT2D eigenvalue weighted by Gasteiger charge is -2.22. The van der Waals surface area contributed by atoms with E-state index in [-0.39, 0.29) is 11.2 Å². The normalized spacial score (nSPS) is 28.7. The molecule has 3 unspecified atom stereocenters. The lowest BCUT2D eigenvalue weighted by atomic mass is 9.80. The fourth-order valence-corrected chi connectivity index (χ4v) is 3.57. The van der Waals surface area contributed by atoms with Crippen LogP contribution in [-0.4, -0.2) is 23.8 Å². The Labute approximate surface area is 112 Å². The SMILES string of the molecule is OB(O)c1ccc(F)c(OCC2CC3CCC2C3)c1. The molecule has 1 aromatic rings. The minimum Gasteiger partial charge on any atom is -0.490 e. The standard InChI is InChI=1S/C14H18BFO3/c16-13-4-3-12(15(17)18)7-14(13)19-8-11-6-9-1-2-10(11)5-9/h3-4,7,9-11,17-18H,1-2,5-6,8H2. The van der Waals surface area contributed by atoms with Gasteiger partial charge in [-0.2, -0.15) is 0 Å². The maximum absolute atomic E-state index is 13.6. The smallest absolute Gasteiger partial charge is 0.488 e. The largest absolute Gasteiger partial charge is 0.490 e. The third kappa shape index (κ3) is 2.62. The van der Waals surface area contributed by atoms with Crippen molar-refractivity contribution in [1.29, 1.82) is 0 Å². The summed E-state index contributed by atoms with van der Waals surface area (Å²) < 4.78 is 19.2. The first-order valence-corrected chi connectivity index (χ1v) is 6.92. The van der Waals surface area contributed by atoms with Crippen LogP contribution in [0, 0.1) is 23.6 Å². The summed E-state index contributed by atoms with van der Waals surface area (Å²) >= 11 is 0. The van der Waals surface area contributed by atoms with E-state index in [4.69, 9.17) is 14.8 Å². The lowest BCUT2D eigenvalue weighted by Crippen LogP contribution is -2.30. The highest BCUT2D eigenvalue weighted by Gasteiger charge is 2.39. The molecule has 2 fully saturated rings. The Bertz CT molecular complexity index is 466. The van der Waals surface area contributed by atoms with Crippen LogP contribution >= 0.6 is 0 Å². The highest BCUT2D eigenvalue weighted by atomic mass is 19.1. The summed E-state index contributed by atoms with van der Waals surface area (Å²) in [5.41, 5.74) is 0.254. The summed E-state index contributed by atoms with van der Waals surface area (Å²) in [6, 6.07) is 3.93. The first-order chi connectivity index (χ1) is 9.13. The molecule has 0 amide bonds. The second kappa shape index (κ2) is 5.14. The highest BCUT2D eigenvalue weighted by Crippen LogP contribution is 2.48. The van der Waals surface area contributed by atoms with Crippen LogP contribution in [0.1, 0.15) is 25.7 Å². The van der Waals surface area contributed by atoms with E-state index in [1.807, 2.05) is 0 Å². The first-order valence-electron chi connectivity index (χ1n) is 6.92. The van der Waals surface area contributed by atoms with Gasteiger partial charge in [0.05, 0.1) is 6.61 Å². The molecule has 2 N–H and O–H groups in total. The molecule has 0 spiro atoms. The Kier molecular flexibility index (Phi) is 3.50. The number of halogens is 1. The predicted molar refractivity (Wildman–Crippen MR) is 70.7 cm³/mol. The Morgan fingerprint density at radius 1 is 1.26 bits per heavy atom. The van der Waals surface area contributed by atoms with Crippen LogP contribution in [0.5, 0.6) is 5.75 Å². The van der Waals surface area contributed by atoms with Gasteiger partial charge in [0.1, 0.15) is 0 Å². The monoisotopic (exact) mass is 264 g/mol. The predicted octanol–water partition coefficient (Wildman–Crippen LogP) is 1.32. The molecule has 0 heterocycles. The topological polar surface area (TPSA) is 49.7 Å². The van der Waals surface area contributed by atoms with Gasteiger partial charge in [-0.25, -0.2) is 4.39 Å². The van der Waals surface area contributed by atoms with Gasteiger partial charge in [0.2, 0.25) is 0 Å². The zero-order valence-corrected chi connectivity index (χ0v) is 10.8. The summed E-state index contributed by atoms with van der Waals surface area (Å²) in [6.07, 6.45) is 5.10. The molecular formula is C14H18BFO3. The number of hydrogen-bond donors (Lipinski definition) is 2. The Hall–Kier alpha value is -1.07. The van der Waals surface area contributed by atoms with Gasteiger partial charge in [0, 0.05) is 0 Å². The van der Waals surface area contributed by atoms with Crippen molar-refractivity contribution in [2.75, 3.05) is 6.61 Å². The molecule has 102 valence electrons. The molecule has 2 bridgehead atoms. The van der Waals surface area contributed by atoms with Crippen LogP contribution in [0.3, 0.4) is 0 Å². The number of fused-ring (bicyclic) bond motifs is 2. The highest BCUT2D eigenvalue weighted by molar-refractivity contribution is 6.58. The molecular weight excluding hydrogens is 246 g/mol. The van der Waals surface area contributed by atoms with E-state index < -0.39 is 12.9 Å². The maximum atomic E-state index is 13.6. The fraction of sp³-hybridized carbons (Fsp3) is 0.571. The van der Waals surface area contributed by atoms with Crippen molar-refractivity contribution < 1.29 is 19.2 Å². The molecule has 2 aliphatic carbocycles. The van der Waals surface area contributed by atoms with E-state index in [0.717, 1.165) is 11.8 Å². The Morgan fingerprint density at radius 2 is 2.11 bits per heavy atom. The van der Waals surface area contributed by atoms with Crippen LogP contribution in [0.2, 0.25) is 0 Å². The number of hydrogen-bond acceptors (Lipinski definition) is 3. The van der Waals surface area contributed by atoms with Crippen LogP contribution in [0.25, 0.3) is 0 Å². The third-order valence-electron chi connectivity index (χ3n) is 4.59. The third-order valence-corrected chi connectivity index (χ3v) is 4.59. The maximum Gasteiger partial charge on any atom is 0.488 e. The summed E-state index contributed by atoms with van der Waals surface area (Å²) in [7, 11) is -1.59. The molecule has 0 saturated heterocycles. The first kappa shape index (κ1) is 12.9. The van der Waals surface area contributed by atoms with Crippen LogP contribution in [0.4, 0.5) is 4.39 Å². The van der Waals surface area contributed by atoms with Crippen LogP contribution in [-0.2, 0) is 0 Å². The van der Waals surface area contributed by atoms with E-state index in [2.05, 4.69) is 0 Å². The van der Waals surface area contributed by atoms with Gasteiger partial charge in [-0.05, 0) is 54.6 Å². The molecule has 2 saturated carbocycles. The van der Waals surface area contributed by atoms with E-state index in [9.17, 15) is 4.39 Å². The number of rotatable bonds is 4. The molecule has 3 rings (SSSR count). The van der Waals surface area contributed by atoms with Gasteiger partial charge in [0.25, 0.3) is 0 Å². The molecule has 3 nitrogen and oxygen atoms in total. The van der Waals surface area contributed by atoms with E-state index in [1.165, 1.54) is 43.9 Å². The molecule has 19 heavy (non-hydrogen) atoms. The molecule has 0 radical (unpaired) electrons. The molecule has 3 atom stereocenters. The average Bonchev–Trinajstić information content (AvgIpc) is 2.99. The van der Waals surface area contributed by atoms with Gasteiger partial charge in [-0.15, -0.1) is 0 Å². The summed E-state index contributed by atoms with van der Waals surface area (Å²) in [5, 5.41) is 18.2. The summed E-state index contributed by atoms with van der Waals surface area (Å²) in [6.45, 7) is 0.531. The average molecular weight is 264 g/mol. The Balaban J connectivity index is 1.64. The summed E-state index contributed by atoms with van der Waals surface area (Å²) in [4.78, 5) is 0. The van der Waals surface area contributed by atoms with Crippen LogP contribution < -0.4 is 10.2 Å².